The highest BCUT2D eigenvalue weighted by Gasteiger charge is 2.32. The Labute approximate surface area is 189 Å². The van der Waals surface area contributed by atoms with Gasteiger partial charge in [-0.1, -0.05) is 69.8 Å². The van der Waals surface area contributed by atoms with Crippen LogP contribution in [-0.2, 0) is 9.32 Å². The summed E-state index contributed by atoms with van der Waals surface area (Å²) in [6, 6.07) is 15.5. The fourth-order valence-corrected chi connectivity index (χ4v) is 5.79. The van der Waals surface area contributed by atoms with Gasteiger partial charge in [-0.25, -0.2) is 0 Å². The van der Waals surface area contributed by atoms with Gasteiger partial charge in [-0.3, -0.25) is 4.79 Å². The van der Waals surface area contributed by atoms with Gasteiger partial charge in [-0.05, 0) is 31.4 Å². The molecule has 3 rings (SSSR count). The highest BCUT2D eigenvalue weighted by atomic mass is 31.1. The van der Waals surface area contributed by atoms with Gasteiger partial charge >= 0.3 is 0 Å². The number of carbonyl (C=O) groups is 1. The van der Waals surface area contributed by atoms with E-state index < -0.39 is 5.92 Å². The number of carbonyl (C=O) groups excluding carboxylic acids is 1. The van der Waals surface area contributed by atoms with Crippen LogP contribution in [-0.4, -0.2) is 42.3 Å². The molecule has 0 N–H and O–H groups in total. The number of nitrogens with zero attached hydrogens (tertiary/aromatic N) is 1. The van der Waals surface area contributed by atoms with Crippen LogP contribution in [0.5, 0.6) is 11.5 Å². The number of ether oxygens (including phenoxy) is 1. The lowest BCUT2D eigenvalue weighted by molar-refractivity contribution is -0.927. The van der Waals surface area contributed by atoms with Gasteiger partial charge in [0.2, 0.25) is 0 Å². The minimum Gasteiger partial charge on any atom is -0.644 e. The molecule has 2 aromatic carbocycles. The normalized spacial score (nSPS) is 14.7. The molecule has 1 aliphatic heterocycles. The van der Waals surface area contributed by atoms with E-state index in [0.29, 0.717) is 5.66 Å². The fourth-order valence-electron chi connectivity index (χ4n) is 4.98. The van der Waals surface area contributed by atoms with Gasteiger partial charge in [-0.2, -0.15) is 0 Å². The lowest BCUT2D eigenvalue weighted by Crippen LogP contribution is -2.52. The van der Waals surface area contributed by atoms with Crippen molar-refractivity contribution < 1.29 is 18.5 Å². The third-order valence-corrected chi connectivity index (χ3v) is 6.79. The number of fused-ring (bicyclic) bond motifs is 2. The molecular weight excluding hydrogens is 405 g/mol. The summed E-state index contributed by atoms with van der Waals surface area (Å²) in [7, 11) is 0.746. The van der Waals surface area contributed by atoms with Crippen molar-refractivity contribution in [2.45, 2.75) is 58.5 Å². The monoisotopic (exact) mass is 441 g/mol. The highest BCUT2D eigenvalue weighted by Crippen LogP contribution is 2.45. The Morgan fingerprint density at radius 2 is 1.42 bits per heavy atom. The zero-order valence-electron chi connectivity index (χ0n) is 19.3. The Hall–Kier alpha value is -1.90. The smallest absolute Gasteiger partial charge is 0.286 e. The topological polar surface area (TPSA) is 35.5 Å². The molecule has 0 saturated carbocycles. The Morgan fingerprint density at radius 3 is 1.90 bits per heavy atom. The summed E-state index contributed by atoms with van der Waals surface area (Å²) in [4.78, 5) is 13.3. The van der Waals surface area contributed by atoms with E-state index in [0.717, 1.165) is 42.5 Å². The van der Waals surface area contributed by atoms with E-state index in [2.05, 4.69) is 27.7 Å². The van der Waals surface area contributed by atoms with E-state index in [9.17, 15) is 4.79 Å². The maximum absolute atomic E-state index is 13.3. The molecule has 0 saturated heterocycles. The molecule has 0 fully saturated rings. The van der Waals surface area contributed by atoms with Crippen molar-refractivity contribution in [1.29, 1.82) is 0 Å². The van der Waals surface area contributed by atoms with E-state index in [4.69, 9.17) is 9.26 Å². The number of benzene rings is 2. The van der Waals surface area contributed by atoms with Crippen molar-refractivity contribution in [3.05, 3.63) is 59.7 Å². The number of quaternary nitrogens is 1. The molecule has 0 spiro atoms. The lowest BCUT2D eigenvalue weighted by Gasteiger charge is -2.43. The molecule has 1 aliphatic rings. The summed E-state index contributed by atoms with van der Waals surface area (Å²) in [5.74, 6) is 0.827. The van der Waals surface area contributed by atoms with Gasteiger partial charge in [0.15, 0.2) is 0 Å². The lowest BCUT2D eigenvalue weighted by atomic mass is 9.88. The maximum atomic E-state index is 13.3. The molecule has 0 aromatic heterocycles. The summed E-state index contributed by atoms with van der Waals surface area (Å²) in [5, 5.41) is 0. The zero-order chi connectivity index (χ0) is 22.3. The maximum Gasteiger partial charge on any atom is 0.286 e. The largest absolute Gasteiger partial charge is 0.644 e. The summed E-state index contributed by atoms with van der Waals surface area (Å²) in [5.41, 5.74) is 2.04. The second-order valence-corrected chi connectivity index (χ2v) is 9.95. The molecule has 0 bridgehead atoms. The molecule has 1 unspecified atom stereocenters. The van der Waals surface area contributed by atoms with Crippen LogP contribution < -0.4 is 4.74 Å². The van der Waals surface area contributed by atoms with E-state index >= 15 is 0 Å². The average Bonchev–Trinajstić information content (AvgIpc) is 2.76. The minimum absolute atomic E-state index is 0.198. The fraction of sp³-hybridized carbons (Fsp3) is 0.500. The van der Waals surface area contributed by atoms with Crippen molar-refractivity contribution >= 4 is 14.8 Å². The third-order valence-electron chi connectivity index (χ3n) is 5.98. The molecule has 1 atom stereocenters. The van der Waals surface area contributed by atoms with Crippen molar-refractivity contribution in [2.24, 2.45) is 0 Å². The van der Waals surface area contributed by atoms with Gasteiger partial charge in [0, 0.05) is 11.1 Å². The summed E-state index contributed by atoms with van der Waals surface area (Å²) in [6.45, 7) is 13.6. The Kier molecular flexibility index (Phi) is 8.51. The van der Waals surface area contributed by atoms with E-state index in [1.807, 2.05) is 48.5 Å². The molecular formula is C26H36NO3P. The summed E-state index contributed by atoms with van der Waals surface area (Å²) in [6.07, 6.45) is 3.54. The molecule has 4 nitrogen and oxygen atoms in total. The van der Waals surface area contributed by atoms with Crippen LogP contribution in [0.25, 0.3) is 0 Å². The molecule has 0 aliphatic carbocycles. The second kappa shape index (κ2) is 11.1. The van der Waals surface area contributed by atoms with Crippen LogP contribution >= 0.6 is 8.81 Å². The molecule has 5 heteroatoms. The zero-order valence-corrected chi connectivity index (χ0v) is 20.2. The van der Waals surface area contributed by atoms with Crippen molar-refractivity contribution in [1.82, 2.24) is 0 Å². The molecule has 168 valence electrons. The van der Waals surface area contributed by atoms with Crippen molar-refractivity contribution in [3.8, 4) is 11.5 Å². The molecule has 0 radical (unpaired) electrons. The van der Waals surface area contributed by atoms with Gasteiger partial charge < -0.3 is 22.6 Å². The van der Waals surface area contributed by atoms with Crippen LogP contribution in [0.2, 0.25) is 0 Å². The average molecular weight is 442 g/mol. The SMILES string of the molecule is CCC[N+](CCC)(CCC)CC(C)[P-]OC(=O)C1c2ccccc2Oc2ccccc21. The number of hydrogen-bond acceptors (Lipinski definition) is 3. The van der Waals surface area contributed by atoms with Gasteiger partial charge in [0.25, 0.3) is 5.97 Å². The molecule has 1 heterocycles. The predicted molar refractivity (Wildman–Crippen MR) is 128 cm³/mol. The first-order chi connectivity index (χ1) is 15.0. The first-order valence-electron chi connectivity index (χ1n) is 11.6. The molecule has 31 heavy (non-hydrogen) atoms. The molecule has 2 aromatic rings. The minimum atomic E-state index is -0.443. The van der Waals surface area contributed by atoms with Gasteiger partial charge in [0.1, 0.15) is 17.4 Å². The van der Waals surface area contributed by atoms with E-state index in [-0.39, 0.29) is 5.97 Å². The first kappa shape index (κ1) is 23.8. The molecule has 0 amide bonds. The summed E-state index contributed by atoms with van der Waals surface area (Å²) < 4.78 is 13.0. The predicted octanol–water partition coefficient (Wildman–Crippen LogP) is 6.76. The Balaban J connectivity index is 1.72. The first-order valence-corrected chi connectivity index (χ1v) is 12.5. The van der Waals surface area contributed by atoms with Crippen LogP contribution in [0.3, 0.4) is 0 Å². The van der Waals surface area contributed by atoms with E-state index in [1.165, 1.54) is 38.9 Å². The Bertz CT molecular complexity index is 807. The van der Waals surface area contributed by atoms with Crippen molar-refractivity contribution in [2.75, 3.05) is 26.2 Å². The van der Waals surface area contributed by atoms with Crippen LogP contribution in [0.1, 0.15) is 64.0 Å². The van der Waals surface area contributed by atoms with Crippen LogP contribution in [0, 0.1) is 0 Å². The number of para-hydroxylation sites is 2. The van der Waals surface area contributed by atoms with Crippen molar-refractivity contribution in [3.63, 3.8) is 0 Å². The van der Waals surface area contributed by atoms with Gasteiger partial charge in [0.05, 0.1) is 26.2 Å². The Morgan fingerprint density at radius 1 is 0.935 bits per heavy atom. The van der Waals surface area contributed by atoms with E-state index in [1.54, 1.807) is 0 Å². The highest BCUT2D eigenvalue weighted by molar-refractivity contribution is 7.33. The number of hydrogen-bond donors (Lipinski definition) is 0. The summed E-state index contributed by atoms with van der Waals surface area (Å²) >= 11 is 0. The standard InChI is InChI=1S/C26H36NO3P/c1-5-16-27(17-6-2,18-7-3)19-20(4)31-30-26(28)25-21-12-8-10-14-23(21)29-24-15-11-9-13-22(24)25/h8-15,20,25H,5-7,16-19H2,1-4H3. The van der Waals surface area contributed by atoms with Crippen LogP contribution in [0.4, 0.5) is 0 Å². The van der Waals surface area contributed by atoms with Gasteiger partial charge in [-0.15, -0.1) is 0 Å². The number of rotatable bonds is 11. The quantitative estimate of drug-likeness (QED) is 0.285. The third kappa shape index (κ3) is 5.67. The second-order valence-electron chi connectivity index (χ2n) is 8.67. The van der Waals surface area contributed by atoms with Crippen LogP contribution in [0.15, 0.2) is 48.5 Å².